The van der Waals surface area contributed by atoms with E-state index in [1.54, 1.807) is 18.2 Å². The Balaban J connectivity index is -0.00000109. The highest BCUT2D eigenvalue weighted by Gasteiger charge is 2.15. The molecular weight excluding hydrogens is 1320 g/mol. The van der Waals surface area contributed by atoms with Crippen LogP contribution in [-0.4, -0.2) is 120 Å². The van der Waals surface area contributed by atoms with E-state index in [9.17, 15) is 0 Å². The van der Waals surface area contributed by atoms with E-state index in [0.717, 1.165) is 96.0 Å². The third kappa shape index (κ3) is 78.3. The summed E-state index contributed by atoms with van der Waals surface area (Å²) in [6.45, 7) is 58.1. The van der Waals surface area contributed by atoms with Crippen molar-refractivity contribution in [3.63, 3.8) is 0 Å². The van der Waals surface area contributed by atoms with Crippen molar-refractivity contribution < 1.29 is 56.8 Å². The van der Waals surface area contributed by atoms with Crippen LogP contribution in [0.25, 0.3) is 0 Å². The Morgan fingerprint density at radius 3 is 1.20 bits per heavy atom. The van der Waals surface area contributed by atoms with E-state index in [2.05, 4.69) is 125 Å². The minimum Gasteiger partial charge on any atom is -0.494 e. The second-order valence-electron chi connectivity index (χ2n) is 28.3. The Kier molecular flexibility index (Phi) is 69.7. The van der Waals surface area contributed by atoms with Gasteiger partial charge in [0.1, 0.15) is 23.9 Å². The van der Waals surface area contributed by atoms with E-state index in [1.165, 1.54) is 68.1 Å². The maximum Gasteiger partial charge on any atom is 0.122 e. The quantitative estimate of drug-likeness (QED) is 0.0353. The van der Waals surface area contributed by atoms with Crippen molar-refractivity contribution >= 4 is 23.2 Å². The largest absolute Gasteiger partial charge is 0.494 e. The molecule has 0 saturated heterocycles. The summed E-state index contributed by atoms with van der Waals surface area (Å²) in [7, 11) is 0. The van der Waals surface area contributed by atoms with Crippen LogP contribution in [-0.2, 0) is 62.3 Å². The molecule has 1 aliphatic carbocycles. The van der Waals surface area contributed by atoms with Crippen molar-refractivity contribution in [1.82, 2.24) is 0 Å². The van der Waals surface area contributed by atoms with Gasteiger partial charge in [-0.15, -0.1) is 0 Å². The van der Waals surface area contributed by atoms with Crippen LogP contribution in [0.4, 0.5) is 0 Å². The molecule has 588 valence electrons. The molecule has 5 aromatic carbocycles. The summed E-state index contributed by atoms with van der Waals surface area (Å²) < 4.78 is 64.9. The van der Waals surface area contributed by atoms with Crippen LogP contribution in [0.3, 0.4) is 0 Å². The highest BCUT2D eigenvalue weighted by atomic mass is 35.5. The van der Waals surface area contributed by atoms with Crippen LogP contribution < -0.4 is 14.2 Å². The molecule has 0 atom stereocenters. The van der Waals surface area contributed by atoms with E-state index in [1.807, 2.05) is 157 Å². The first-order valence-corrected chi connectivity index (χ1v) is 39.3. The van der Waals surface area contributed by atoms with Crippen molar-refractivity contribution in [2.75, 3.05) is 59.5 Å². The number of hydrogen-bond donors (Lipinski definition) is 0. The molecule has 0 N–H and O–H groups in total. The van der Waals surface area contributed by atoms with E-state index >= 15 is 0 Å². The predicted octanol–water partition coefficient (Wildman–Crippen LogP) is 25.0. The first-order chi connectivity index (χ1) is 48.4. The predicted molar refractivity (Wildman–Crippen MR) is 436 cm³/mol. The summed E-state index contributed by atoms with van der Waals surface area (Å²) in [5.74, 6) is 3.43. The zero-order valence-corrected chi connectivity index (χ0v) is 70.4. The highest BCUT2D eigenvalue weighted by Crippen LogP contribution is 2.26. The van der Waals surface area contributed by atoms with Gasteiger partial charge in [-0.1, -0.05) is 160 Å². The molecule has 1 saturated carbocycles. The Labute approximate surface area is 636 Å². The fraction of sp³-hybridized carbons (Fsp3) is 0.659. The summed E-state index contributed by atoms with van der Waals surface area (Å²) in [5.41, 5.74) is 3.85. The molecule has 0 aromatic heterocycles. The van der Waals surface area contributed by atoms with Crippen LogP contribution in [0.1, 0.15) is 253 Å². The van der Waals surface area contributed by atoms with Crippen LogP contribution >= 0.6 is 23.2 Å². The molecule has 1 aliphatic rings. The molecule has 0 unspecified atom stereocenters. The summed E-state index contributed by atoms with van der Waals surface area (Å²) in [6.07, 6.45) is 17.8. The van der Waals surface area contributed by atoms with Crippen molar-refractivity contribution in [1.29, 1.82) is 0 Å². The maximum atomic E-state index is 5.77. The lowest BCUT2D eigenvalue weighted by Crippen LogP contribution is -2.23. The SMILES string of the molecule is CC(C)OC(C)(C)C.CC(C)OCC1CCCC1.CC(C)OCCCc1ccccc1.CC(C)OCCOc1ccccc1.CC(C)OCc1ccccc1.CC(C)Oc1cc(Cl)cc(Cl)c1.CCCCCOC(C)C.CCCCOc1ccc(COC(C)C)cc1.CCOCCCOC(C)C. The molecule has 0 bridgehead atoms. The smallest absolute Gasteiger partial charge is 0.122 e. The van der Waals surface area contributed by atoms with Gasteiger partial charge >= 0.3 is 0 Å². The van der Waals surface area contributed by atoms with Crippen molar-refractivity contribution in [2.24, 2.45) is 5.92 Å². The van der Waals surface area contributed by atoms with Gasteiger partial charge < -0.3 is 56.8 Å². The normalized spacial score (nSPS) is 11.8. The Bertz CT molecular complexity index is 2410. The lowest BCUT2D eigenvalue weighted by molar-refractivity contribution is -0.0424. The van der Waals surface area contributed by atoms with Crippen LogP contribution in [0.15, 0.2) is 133 Å². The molecule has 0 radical (unpaired) electrons. The number of halogens is 2. The van der Waals surface area contributed by atoms with E-state index in [-0.39, 0.29) is 23.9 Å². The minimum absolute atomic E-state index is 0.0220. The fourth-order valence-corrected chi connectivity index (χ4v) is 9.20. The Hall–Kier alpha value is -4.28. The van der Waals surface area contributed by atoms with Crippen molar-refractivity contribution in [2.45, 2.75) is 317 Å². The molecular formula is C88H150Cl2O12. The monoisotopic (exact) mass is 1470 g/mol. The molecule has 0 heterocycles. The van der Waals surface area contributed by atoms with Crippen LogP contribution in [0.5, 0.6) is 17.2 Å². The number of hydrogen-bond acceptors (Lipinski definition) is 12. The van der Waals surface area contributed by atoms with Crippen molar-refractivity contribution in [3.05, 3.63) is 160 Å². The molecule has 5 aromatic rings. The summed E-state index contributed by atoms with van der Waals surface area (Å²) >= 11 is 11.5. The number of benzene rings is 5. The van der Waals surface area contributed by atoms with Crippen molar-refractivity contribution in [3.8, 4) is 17.2 Å². The van der Waals surface area contributed by atoms with Gasteiger partial charge in [-0.05, 0) is 262 Å². The first-order valence-electron chi connectivity index (χ1n) is 38.6. The lowest BCUT2D eigenvalue weighted by Gasteiger charge is -2.22. The number of aryl methyl sites for hydroxylation is 1. The summed E-state index contributed by atoms with van der Waals surface area (Å²) in [5, 5.41) is 1.19. The van der Waals surface area contributed by atoms with E-state index in [4.69, 9.17) is 80.0 Å². The number of ether oxygens (including phenoxy) is 12. The van der Waals surface area contributed by atoms with E-state index < -0.39 is 0 Å². The third-order valence-electron chi connectivity index (χ3n) is 13.4. The highest BCUT2D eigenvalue weighted by molar-refractivity contribution is 6.34. The third-order valence-corrected chi connectivity index (χ3v) is 13.8. The molecule has 0 amide bonds. The summed E-state index contributed by atoms with van der Waals surface area (Å²) in [4.78, 5) is 0. The molecule has 0 spiro atoms. The maximum absolute atomic E-state index is 5.77. The minimum atomic E-state index is 0.0220. The first kappa shape index (κ1) is 102. The second-order valence-corrected chi connectivity index (χ2v) is 29.2. The number of unbranched alkanes of at least 4 members (excludes halogenated alkanes) is 3. The number of para-hydroxylation sites is 1. The zero-order valence-electron chi connectivity index (χ0n) is 68.9. The van der Waals surface area contributed by atoms with Gasteiger partial charge in [0.25, 0.3) is 0 Å². The Morgan fingerprint density at radius 2 is 0.775 bits per heavy atom. The zero-order chi connectivity index (χ0) is 77.2. The molecule has 1 fully saturated rings. The van der Waals surface area contributed by atoms with Gasteiger partial charge in [-0.3, -0.25) is 0 Å². The lowest BCUT2D eigenvalue weighted by atomic mass is 10.1. The Morgan fingerprint density at radius 1 is 0.363 bits per heavy atom. The average Bonchev–Trinajstić information content (AvgIpc) is 1.07. The van der Waals surface area contributed by atoms with Gasteiger partial charge in [-0.2, -0.15) is 0 Å². The number of rotatable bonds is 37. The topological polar surface area (TPSA) is 111 Å². The van der Waals surface area contributed by atoms with Gasteiger partial charge in [0, 0.05) is 49.7 Å². The molecule has 12 nitrogen and oxygen atoms in total. The van der Waals surface area contributed by atoms with Gasteiger partial charge in [-0.25, -0.2) is 0 Å². The standard InChI is InChI=1S/C14H22O2.C12H18O.C11H16O2.C10H14O.C9H10Cl2O.C9H18O.C8H18O2.C8H18O.C7H16O/c1-4-5-10-15-14-8-6-13(7-9-14)11-16-12(2)3;1-11(2)13-10-6-9-12-7-4-3-5-8-12;1-10(2)12-8-9-13-11-6-4-3-5-7-11;1-9(2)11-8-10-6-4-3-5-7-10;1-6(2)12-9-4-7(10)3-8(11)5-9;1-8(2)10-7-9-5-3-4-6-9;1-4-9-6-5-7-10-8(2)3;1-4-5-6-7-9-8(2)3;1-6(2)8-7(3,4)5/h6-9,12H,4-5,10-11H2,1-3H3;3-5,7-8,11H,6,9-10H2,1-2H3;3-7,10H,8-9H2,1-2H3;3-7,9H,8H2,1-2H3;3-6H,1-2H3;8-9H,3-7H2,1-2H3;8H,4-7H2,1-3H3;8H,4-7H2,1-3H3;6H,1-5H3. The van der Waals surface area contributed by atoms with Gasteiger partial charge in [0.15, 0.2) is 0 Å². The molecule has 14 heteroatoms. The van der Waals surface area contributed by atoms with Crippen LogP contribution in [0.2, 0.25) is 10.0 Å². The molecule has 102 heavy (non-hydrogen) atoms. The van der Waals surface area contributed by atoms with Crippen LogP contribution in [0, 0.1) is 5.92 Å². The average molecular weight is 1470 g/mol. The van der Waals surface area contributed by atoms with Gasteiger partial charge in [0.05, 0.1) is 87.0 Å². The van der Waals surface area contributed by atoms with E-state index in [0.29, 0.717) is 72.2 Å². The summed E-state index contributed by atoms with van der Waals surface area (Å²) in [6, 6.07) is 43.8. The second kappa shape index (κ2) is 69.7. The fourth-order valence-electron chi connectivity index (χ4n) is 8.69. The molecule has 0 aliphatic heterocycles. The molecule has 6 rings (SSSR count). The van der Waals surface area contributed by atoms with Gasteiger partial charge in [0.2, 0.25) is 0 Å².